The Bertz CT molecular complexity index is 724. The molecule has 102 valence electrons. The summed E-state index contributed by atoms with van der Waals surface area (Å²) in [7, 11) is 0. The molecular formula is C12H9N3O5. The molecular weight excluding hydrogens is 266 g/mol. The topological polar surface area (TPSA) is 115 Å². The Kier molecular flexibility index (Phi) is 3.56. The second-order valence-electron chi connectivity index (χ2n) is 3.88. The highest BCUT2D eigenvalue weighted by atomic mass is 16.6. The molecule has 1 heterocycles. The minimum absolute atomic E-state index is 0.0728. The zero-order valence-corrected chi connectivity index (χ0v) is 10.1. The number of nitro groups is 1. The van der Waals surface area contributed by atoms with E-state index < -0.39 is 28.7 Å². The molecule has 0 unspecified atom stereocenters. The fraction of sp³-hybridized carbons (Fsp3) is 0.0833. The third-order valence-electron chi connectivity index (χ3n) is 2.55. The summed E-state index contributed by atoms with van der Waals surface area (Å²) in [5.41, 5.74) is -1.25. The van der Waals surface area contributed by atoms with E-state index in [1.165, 1.54) is 0 Å². The fourth-order valence-corrected chi connectivity index (χ4v) is 1.71. The number of benzene rings is 1. The Morgan fingerprint density at radius 2 is 2.00 bits per heavy atom. The molecule has 0 atom stereocenters. The van der Waals surface area contributed by atoms with Gasteiger partial charge >= 0.3 is 17.2 Å². The quantitative estimate of drug-likeness (QED) is 0.654. The molecule has 0 spiro atoms. The van der Waals surface area contributed by atoms with Crippen LogP contribution in [0.5, 0.6) is 0 Å². The minimum Gasteiger partial charge on any atom is -0.480 e. The van der Waals surface area contributed by atoms with Crippen LogP contribution in [0.15, 0.2) is 41.3 Å². The normalized spacial score (nSPS) is 10.2. The highest BCUT2D eigenvalue weighted by Crippen LogP contribution is 2.16. The van der Waals surface area contributed by atoms with Crippen LogP contribution in [-0.2, 0) is 11.3 Å². The van der Waals surface area contributed by atoms with Crippen molar-refractivity contribution in [3.05, 3.63) is 57.0 Å². The Labute approximate surface area is 112 Å². The number of hydrogen-bond donors (Lipinski definition) is 1. The maximum absolute atomic E-state index is 12.0. The number of hydrogen-bond acceptors (Lipinski definition) is 5. The van der Waals surface area contributed by atoms with E-state index in [1.54, 1.807) is 30.3 Å². The van der Waals surface area contributed by atoms with Crippen LogP contribution in [0.3, 0.4) is 0 Å². The number of aliphatic carboxylic acids is 1. The van der Waals surface area contributed by atoms with Crippen molar-refractivity contribution in [1.82, 2.24) is 9.55 Å². The molecule has 8 nitrogen and oxygen atoms in total. The van der Waals surface area contributed by atoms with Gasteiger partial charge < -0.3 is 5.11 Å². The predicted octanol–water partition coefficient (Wildman–Crippen LogP) is 0.903. The van der Waals surface area contributed by atoms with Gasteiger partial charge in [0.25, 0.3) is 0 Å². The van der Waals surface area contributed by atoms with Crippen LogP contribution in [0.2, 0.25) is 0 Å². The average molecular weight is 275 g/mol. The Hall–Kier alpha value is -3.03. The Morgan fingerprint density at radius 1 is 1.35 bits per heavy atom. The molecule has 0 saturated heterocycles. The second kappa shape index (κ2) is 5.31. The maximum Gasteiger partial charge on any atom is 0.352 e. The first-order valence-corrected chi connectivity index (χ1v) is 5.52. The second-order valence-corrected chi connectivity index (χ2v) is 3.88. The van der Waals surface area contributed by atoms with Crippen LogP contribution >= 0.6 is 0 Å². The third-order valence-corrected chi connectivity index (χ3v) is 2.55. The van der Waals surface area contributed by atoms with Crippen molar-refractivity contribution in [1.29, 1.82) is 0 Å². The van der Waals surface area contributed by atoms with Crippen LogP contribution in [0.25, 0.3) is 11.4 Å². The van der Waals surface area contributed by atoms with E-state index in [-0.39, 0.29) is 5.82 Å². The fourth-order valence-electron chi connectivity index (χ4n) is 1.71. The van der Waals surface area contributed by atoms with Crippen LogP contribution in [0.4, 0.5) is 5.69 Å². The standard InChI is InChI=1S/C12H9N3O5/c16-10(17)7-14-11(8-4-2-1-3-5-8)13-6-9(12(14)18)15(19)20/h1-6H,7H2,(H,16,17). The number of aromatic nitrogens is 2. The summed E-state index contributed by atoms with van der Waals surface area (Å²) in [6.07, 6.45) is 0.836. The number of carboxylic acid groups (broad SMARTS) is 1. The van der Waals surface area contributed by atoms with Gasteiger partial charge in [0.05, 0.1) is 4.92 Å². The largest absolute Gasteiger partial charge is 0.480 e. The molecule has 0 amide bonds. The molecule has 1 aromatic carbocycles. The molecule has 2 rings (SSSR count). The lowest BCUT2D eigenvalue weighted by atomic mass is 10.2. The van der Waals surface area contributed by atoms with Gasteiger partial charge in [-0.15, -0.1) is 0 Å². The van der Waals surface area contributed by atoms with E-state index in [9.17, 15) is 19.7 Å². The molecule has 8 heteroatoms. The van der Waals surface area contributed by atoms with Crippen molar-refractivity contribution >= 4 is 11.7 Å². The lowest BCUT2D eigenvalue weighted by molar-refractivity contribution is -0.386. The SMILES string of the molecule is O=C(O)Cn1c(-c2ccccc2)ncc([N+](=O)[O-])c1=O. The summed E-state index contributed by atoms with van der Waals surface area (Å²) in [4.78, 5) is 36.5. The van der Waals surface area contributed by atoms with Crippen molar-refractivity contribution < 1.29 is 14.8 Å². The summed E-state index contributed by atoms with van der Waals surface area (Å²) < 4.78 is 0.774. The van der Waals surface area contributed by atoms with Crippen molar-refractivity contribution in [2.45, 2.75) is 6.54 Å². The molecule has 0 fully saturated rings. The lowest BCUT2D eigenvalue weighted by Crippen LogP contribution is -2.28. The minimum atomic E-state index is -1.29. The molecule has 20 heavy (non-hydrogen) atoms. The molecule has 1 aromatic heterocycles. The van der Waals surface area contributed by atoms with E-state index in [2.05, 4.69) is 4.98 Å². The first-order valence-electron chi connectivity index (χ1n) is 5.52. The van der Waals surface area contributed by atoms with Crippen LogP contribution in [0.1, 0.15) is 0 Å². The average Bonchev–Trinajstić information content (AvgIpc) is 2.41. The smallest absolute Gasteiger partial charge is 0.352 e. The predicted molar refractivity (Wildman–Crippen MR) is 68.2 cm³/mol. The van der Waals surface area contributed by atoms with Gasteiger partial charge in [-0.2, -0.15) is 0 Å². The van der Waals surface area contributed by atoms with Crippen LogP contribution < -0.4 is 5.56 Å². The van der Waals surface area contributed by atoms with Gasteiger partial charge in [-0.05, 0) is 0 Å². The van der Waals surface area contributed by atoms with E-state index in [1.807, 2.05) is 0 Å². The van der Waals surface area contributed by atoms with Gasteiger partial charge in [-0.3, -0.25) is 24.3 Å². The zero-order chi connectivity index (χ0) is 14.7. The molecule has 1 N–H and O–H groups in total. The van der Waals surface area contributed by atoms with E-state index in [0.29, 0.717) is 5.56 Å². The summed E-state index contributed by atoms with van der Waals surface area (Å²) in [5.74, 6) is -1.21. The number of nitrogens with zero attached hydrogens (tertiary/aromatic N) is 3. The van der Waals surface area contributed by atoms with Gasteiger partial charge in [0.2, 0.25) is 0 Å². The van der Waals surface area contributed by atoms with Crippen LogP contribution in [-0.4, -0.2) is 25.6 Å². The molecule has 0 radical (unpaired) electrons. The summed E-state index contributed by atoms with van der Waals surface area (Å²) in [5, 5.41) is 19.5. The number of carboxylic acids is 1. The summed E-state index contributed by atoms with van der Waals surface area (Å²) in [6.45, 7) is -0.697. The van der Waals surface area contributed by atoms with Crippen molar-refractivity contribution in [3.8, 4) is 11.4 Å². The molecule has 0 aliphatic carbocycles. The summed E-state index contributed by atoms with van der Waals surface area (Å²) in [6, 6.07) is 8.38. The summed E-state index contributed by atoms with van der Waals surface area (Å²) >= 11 is 0. The van der Waals surface area contributed by atoms with Gasteiger partial charge in [0.15, 0.2) is 0 Å². The first-order chi connectivity index (χ1) is 9.50. The van der Waals surface area contributed by atoms with Gasteiger partial charge in [0, 0.05) is 5.56 Å². The van der Waals surface area contributed by atoms with Crippen molar-refractivity contribution in [3.63, 3.8) is 0 Å². The Morgan fingerprint density at radius 3 is 2.55 bits per heavy atom. The molecule has 0 saturated carbocycles. The molecule has 2 aromatic rings. The lowest BCUT2D eigenvalue weighted by Gasteiger charge is -2.09. The van der Waals surface area contributed by atoms with Crippen molar-refractivity contribution in [2.24, 2.45) is 0 Å². The highest BCUT2D eigenvalue weighted by molar-refractivity contribution is 5.68. The Balaban J connectivity index is 2.69. The maximum atomic E-state index is 12.0. The molecule has 0 bridgehead atoms. The monoisotopic (exact) mass is 275 g/mol. The van der Waals surface area contributed by atoms with E-state index in [4.69, 9.17) is 5.11 Å². The number of carbonyl (C=O) groups is 1. The zero-order valence-electron chi connectivity index (χ0n) is 10.1. The number of rotatable bonds is 4. The highest BCUT2D eigenvalue weighted by Gasteiger charge is 2.20. The third kappa shape index (κ3) is 2.53. The van der Waals surface area contributed by atoms with E-state index in [0.717, 1.165) is 10.8 Å². The molecule has 0 aliphatic heterocycles. The molecule has 0 aliphatic rings. The van der Waals surface area contributed by atoms with Gasteiger partial charge in [-0.25, -0.2) is 4.98 Å². The van der Waals surface area contributed by atoms with E-state index >= 15 is 0 Å². The van der Waals surface area contributed by atoms with Gasteiger partial charge in [-0.1, -0.05) is 30.3 Å². The first kappa shape index (κ1) is 13.4. The van der Waals surface area contributed by atoms with Gasteiger partial charge in [0.1, 0.15) is 18.6 Å². The van der Waals surface area contributed by atoms with Crippen LogP contribution in [0, 0.1) is 10.1 Å². The van der Waals surface area contributed by atoms with Crippen molar-refractivity contribution in [2.75, 3.05) is 0 Å².